The lowest BCUT2D eigenvalue weighted by Crippen LogP contribution is -2.48. The van der Waals surface area contributed by atoms with Gasteiger partial charge in [-0.15, -0.1) is 0 Å². The molecular formula is C21H38N4O4. The van der Waals surface area contributed by atoms with Crippen molar-refractivity contribution in [1.29, 1.82) is 0 Å². The largest absolute Gasteiger partial charge is 0.353 e. The van der Waals surface area contributed by atoms with Crippen LogP contribution in [0.5, 0.6) is 0 Å². The van der Waals surface area contributed by atoms with Crippen LogP contribution in [0, 0.1) is 11.8 Å². The Balaban J connectivity index is 2.34. The quantitative estimate of drug-likeness (QED) is 0.337. The van der Waals surface area contributed by atoms with Gasteiger partial charge >= 0.3 is 0 Å². The summed E-state index contributed by atoms with van der Waals surface area (Å²) in [6.07, 6.45) is 7.16. The molecule has 1 atom stereocenters. The van der Waals surface area contributed by atoms with Gasteiger partial charge in [-0.05, 0) is 43.9 Å². The maximum Gasteiger partial charge on any atom is 0.239 e. The summed E-state index contributed by atoms with van der Waals surface area (Å²) in [6, 6.07) is -0.202. The molecule has 3 amide bonds. The fourth-order valence-corrected chi connectivity index (χ4v) is 3.64. The fraction of sp³-hybridized carbons (Fsp3) is 0.810. The molecule has 0 saturated heterocycles. The number of aldehydes is 1. The number of carbonyl (C=O) groups excluding carboxylic acids is 4. The first-order valence-electron chi connectivity index (χ1n) is 10.9. The van der Waals surface area contributed by atoms with Gasteiger partial charge in [0.1, 0.15) is 6.29 Å². The predicted molar refractivity (Wildman–Crippen MR) is 112 cm³/mol. The van der Waals surface area contributed by atoms with Crippen molar-refractivity contribution in [2.75, 3.05) is 19.6 Å². The van der Waals surface area contributed by atoms with Gasteiger partial charge in [-0.1, -0.05) is 27.2 Å². The third-order valence-electron chi connectivity index (χ3n) is 5.36. The maximum atomic E-state index is 12.4. The molecule has 0 spiro atoms. The van der Waals surface area contributed by atoms with Crippen molar-refractivity contribution in [1.82, 2.24) is 21.3 Å². The summed E-state index contributed by atoms with van der Waals surface area (Å²) in [5.74, 6) is 0.393. The highest BCUT2D eigenvalue weighted by molar-refractivity contribution is 5.88. The molecule has 0 aromatic carbocycles. The van der Waals surface area contributed by atoms with E-state index in [1.165, 1.54) is 19.3 Å². The molecule has 0 aromatic heterocycles. The lowest BCUT2D eigenvalue weighted by molar-refractivity contribution is -0.128. The number of amides is 3. The van der Waals surface area contributed by atoms with Gasteiger partial charge in [-0.25, -0.2) is 0 Å². The summed E-state index contributed by atoms with van der Waals surface area (Å²) < 4.78 is 0. The molecule has 166 valence electrons. The molecule has 8 nitrogen and oxygen atoms in total. The molecule has 1 saturated carbocycles. The first-order chi connectivity index (χ1) is 13.8. The molecule has 0 aromatic rings. The second-order valence-corrected chi connectivity index (χ2v) is 8.27. The van der Waals surface area contributed by atoms with Crippen LogP contribution < -0.4 is 21.3 Å². The molecule has 0 aliphatic heterocycles. The zero-order chi connectivity index (χ0) is 21.6. The van der Waals surface area contributed by atoms with E-state index in [0.717, 1.165) is 18.8 Å². The average Bonchev–Trinajstić information content (AvgIpc) is 2.69. The summed E-state index contributed by atoms with van der Waals surface area (Å²) in [5.41, 5.74) is 0. The number of hydrogen-bond acceptors (Lipinski definition) is 5. The minimum Gasteiger partial charge on any atom is -0.353 e. The van der Waals surface area contributed by atoms with Crippen LogP contribution in [0.15, 0.2) is 0 Å². The molecular weight excluding hydrogens is 372 g/mol. The number of nitrogens with one attached hydrogen (secondary N) is 4. The molecule has 8 heteroatoms. The van der Waals surface area contributed by atoms with Gasteiger partial charge in [0.2, 0.25) is 17.7 Å². The van der Waals surface area contributed by atoms with Crippen molar-refractivity contribution in [2.45, 2.75) is 77.8 Å². The lowest BCUT2D eigenvalue weighted by atomic mass is 9.84. The molecule has 1 aliphatic carbocycles. The van der Waals surface area contributed by atoms with Crippen molar-refractivity contribution in [3.63, 3.8) is 0 Å². The van der Waals surface area contributed by atoms with Gasteiger partial charge in [0.05, 0.1) is 19.1 Å². The minimum absolute atomic E-state index is 0.00870. The van der Waals surface area contributed by atoms with Crippen molar-refractivity contribution in [2.24, 2.45) is 11.8 Å². The van der Waals surface area contributed by atoms with E-state index in [0.29, 0.717) is 25.7 Å². The van der Waals surface area contributed by atoms with E-state index in [9.17, 15) is 19.2 Å². The highest BCUT2D eigenvalue weighted by Crippen LogP contribution is 2.26. The Bertz CT molecular complexity index is 531. The van der Waals surface area contributed by atoms with Crippen LogP contribution in [0.4, 0.5) is 0 Å². The normalized spacial score (nSPS) is 20.0. The first kappa shape index (κ1) is 25.1. The topological polar surface area (TPSA) is 116 Å². The summed E-state index contributed by atoms with van der Waals surface area (Å²) in [7, 11) is 0. The van der Waals surface area contributed by atoms with Gasteiger partial charge in [0, 0.05) is 19.0 Å². The number of hydrogen-bond donors (Lipinski definition) is 4. The zero-order valence-corrected chi connectivity index (χ0v) is 18.1. The van der Waals surface area contributed by atoms with Crippen LogP contribution in [-0.2, 0) is 19.2 Å². The molecule has 4 N–H and O–H groups in total. The number of carbonyl (C=O) groups is 4. The predicted octanol–water partition coefficient (Wildman–Crippen LogP) is 0.897. The van der Waals surface area contributed by atoms with Crippen molar-refractivity contribution >= 4 is 24.0 Å². The van der Waals surface area contributed by atoms with Crippen molar-refractivity contribution in [3.05, 3.63) is 0 Å². The molecule has 0 unspecified atom stereocenters. The van der Waals surface area contributed by atoms with Gasteiger partial charge in [-0.2, -0.15) is 0 Å². The Hall–Kier alpha value is -1.96. The van der Waals surface area contributed by atoms with Gasteiger partial charge < -0.3 is 26.1 Å². The van der Waals surface area contributed by atoms with Gasteiger partial charge in [-0.3, -0.25) is 14.4 Å². The van der Waals surface area contributed by atoms with E-state index in [1.54, 1.807) is 0 Å². The summed E-state index contributed by atoms with van der Waals surface area (Å²) in [4.78, 5) is 46.4. The first-order valence-corrected chi connectivity index (χ1v) is 10.9. The minimum atomic E-state index is -0.471. The second-order valence-electron chi connectivity index (χ2n) is 8.27. The zero-order valence-electron chi connectivity index (χ0n) is 18.1. The third-order valence-corrected chi connectivity index (χ3v) is 5.36. The van der Waals surface area contributed by atoms with E-state index in [2.05, 4.69) is 28.2 Å². The molecule has 1 fully saturated rings. The Kier molecular flexibility index (Phi) is 12.2. The standard InChI is InChI=1S/C21H38N4O4/c1-4-16-5-7-17(8-6-16)25-19(27)9-10-22-18(13-15(2)3)21(29)24-14-20(28)23-11-12-26/h12,15-18,22H,4-11,13-14H2,1-3H3,(H,23,28)(H,24,29)(H,25,27)/t16?,17?,18-/m0/s1. The van der Waals surface area contributed by atoms with Gasteiger partial charge in [0.25, 0.3) is 0 Å². The van der Waals surface area contributed by atoms with E-state index >= 15 is 0 Å². The molecule has 1 rings (SSSR count). The smallest absolute Gasteiger partial charge is 0.239 e. The van der Waals surface area contributed by atoms with Crippen LogP contribution in [0.25, 0.3) is 0 Å². The Labute approximate surface area is 174 Å². The molecule has 0 heterocycles. The van der Waals surface area contributed by atoms with Crippen LogP contribution in [0.3, 0.4) is 0 Å². The van der Waals surface area contributed by atoms with Crippen LogP contribution in [0.1, 0.15) is 65.7 Å². The van der Waals surface area contributed by atoms with E-state index in [1.807, 2.05) is 13.8 Å². The summed E-state index contributed by atoms with van der Waals surface area (Å²) in [6.45, 7) is 6.40. The Morgan fingerprint density at radius 2 is 1.72 bits per heavy atom. The van der Waals surface area contributed by atoms with Crippen LogP contribution in [-0.4, -0.2) is 55.7 Å². The van der Waals surface area contributed by atoms with Gasteiger partial charge in [0.15, 0.2) is 0 Å². The molecule has 0 radical (unpaired) electrons. The number of rotatable bonds is 13. The summed E-state index contributed by atoms with van der Waals surface area (Å²) in [5, 5.41) is 11.2. The van der Waals surface area contributed by atoms with E-state index in [-0.39, 0.29) is 36.9 Å². The van der Waals surface area contributed by atoms with Crippen LogP contribution in [0.2, 0.25) is 0 Å². The summed E-state index contributed by atoms with van der Waals surface area (Å²) >= 11 is 0. The SMILES string of the molecule is CCC1CCC(NC(=O)CCN[C@@H](CC(C)C)C(=O)NCC(=O)NCC=O)CC1. The second kappa shape index (κ2) is 14.1. The Morgan fingerprint density at radius 1 is 1.03 bits per heavy atom. The molecule has 1 aliphatic rings. The monoisotopic (exact) mass is 410 g/mol. The molecule has 29 heavy (non-hydrogen) atoms. The molecule has 0 bridgehead atoms. The highest BCUT2D eigenvalue weighted by atomic mass is 16.2. The van der Waals surface area contributed by atoms with Crippen LogP contribution >= 0.6 is 0 Å². The van der Waals surface area contributed by atoms with E-state index < -0.39 is 11.9 Å². The fourth-order valence-electron chi connectivity index (χ4n) is 3.64. The average molecular weight is 411 g/mol. The lowest BCUT2D eigenvalue weighted by Gasteiger charge is -2.28. The van der Waals surface area contributed by atoms with Crippen molar-refractivity contribution in [3.8, 4) is 0 Å². The van der Waals surface area contributed by atoms with Crippen molar-refractivity contribution < 1.29 is 19.2 Å². The Morgan fingerprint density at radius 3 is 2.31 bits per heavy atom. The third kappa shape index (κ3) is 11.0. The maximum absolute atomic E-state index is 12.4. The highest BCUT2D eigenvalue weighted by Gasteiger charge is 2.22. The van der Waals surface area contributed by atoms with E-state index in [4.69, 9.17) is 0 Å².